The number of benzene rings is 2. The normalized spacial score (nSPS) is 14.2. The van der Waals surface area contributed by atoms with Crippen LogP contribution in [0.25, 0.3) is 20.8 Å². The van der Waals surface area contributed by atoms with Crippen molar-refractivity contribution in [2.24, 2.45) is 5.92 Å². The van der Waals surface area contributed by atoms with Crippen LogP contribution in [0.3, 0.4) is 0 Å². The Morgan fingerprint density at radius 2 is 1.87 bits per heavy atom. The van der Waals surface area contributed by atoms with Crippen molar-refractivity contribution >= 4 is 43.8 Å². The molecule has 2 aromatic heterocycles. The van der Waals surface area contributed by atoms with Crippen molar-refractivity contribution in [1.29, 1.82) is 0 Å². The van der Waals surface area contributed by atoms with E-state index in [1.807, 2.05) is 19.9 Å². The van der Waals surface area contributed by atoms with E-state index in [4.69, 9.17) is 4.98 Å². The van der Waals surface area contributed by atoms with Crippen LogP contribution in [0.2, 0.25) is 0 Å². The molecule has 0 fully saturated rings. The van der Waals surface area contributed by atoms with Crippen LogP contribution in [0.1, 0.15) is 29.9 Å². The minimum atomic E-state index is -0.0584. The van der Waals surface area contributed by atoms with Gasteiger partial charge in [0.2, 0.25) is 5.91 Å². The summed E-state index contributed by atoms with van der Waals surface area (Å²) in [6, 6.07) is 18.9. The van der Waals surface area contributed by atoms with Crippen LogP contribution in [0, 0.1) is 5.92 Å². The van der Waals surface area contributed by atoms with Gasteiger partial charge >= 0.3 is 0 Å². The largest absolute Gasteiger partial charge is 0.317 e. The van der Waals surface area contributed by atoms with Crippen LogP contribution in [0.4, 0.5) is 5.00 Å². The Kier molecular flexibility index (Phi) is 5.61. The molecule has 0 atom stereocenters. The van der Waals surface area contributed by atoms with E-state index in [2.05, 4.69) is 58.7 Å². The van der Waals surface area contributed by atoms with E-state index in [-0.39, 0.29) is 11.8 Å². The molecule has 5 rings (SSSR count). The summed E-state index contributed by atoms with van der Waals surface area (Å²) < 4.78 is 1.18. The molecule has 1 amide bonds. The topological polar surface area (TPSA) is 45.2 Å². The van der Waals surface area contributed by atoms with Gasteiger partial charge in [-0.15, -0.1) is 22.7 Å². The molecule has 0 saturated carbocycles. The van der Waals surface area contributed by atoms with Gasteiger partial charge in [-0.05, 0) is 29.7 Å². The molecule has 0 aliphatic carbocycles. The number of carbonyl (C=O) groups is 1. The standard InChI is InChI=1S/C25H25N3OS2/c1-16(2)23(29)27-25-22(24-26-19-10-6-7-11-20(19)30-24)18-12-13-28(15-21(18)31-25)14-17-8-4-3-5-9-17/h3-11,16H,12-15H2,1-2H3,(H,27,29). The molecule has 4 aromatic rings. The lowest BCUT2D eigenvalue weighted by molar-refractivity contribution is -0.118. The number of nitrogens with one attached hydrogen (secondary N) is 1. The zero-order chi connectivity index (χ0) is 21.4. The molecule has 3 heterocycles. The fraction of sp³-hybridized carbons (Fsp3) is 0.280. The highest BCUT2D eigenvalue weighted by Gasteiger charge is 2.28. The first-order valence-corrected chi connectivity index (χ1v) is 12.3. The number of thiazole rings is 1. The summed E-state index contributed by atoms with van der Waals surface area (Å²) in [6.45, 7) is 6.73. The molecule has 6 heteroatoms. The van der Waals surface area contributed by atoms with Crippen molar-refractivity contribution in [2.75, 3.05) is 11.9 Å². The van der Waals surface area contributed by atoms with E-state index < -0.39 is 0 Å². The first-order valence-electron chi connectivity index (χ1n) is 10.7. The number of rotatable bonds is 5. The Balaban J connectivity index is 1.51. The van der Waals surface area contributed by atoms with Gasteiger partial charge in [0.05, 0.1) is 10.2 Å². The molecule has 2 aromatic carbocycles. The molecule has 0 bridgehead atoms. The van der Waals surface area contributed by atoms with Crippen LogP contribution in [-0.4, -0.2) is 22.3 Å². The van der Waals surface area contributed by atoms with Gasteiger partial charge in [-0.2, -0.15) is 0 Å². The van der Waals surface area contributed by atoms with E-state index in [1.165, 1.54) is 20.7 Å². The maximum Gasteiger partial charge on any atom is 0.227 e. The summed E-state index contributed by atoms with van der Waals surface area (Å²) in [4.78, 5) is 21.3. The molecule has 31 heavy (non-hydrogen) atoms. The Labute approximate surface area is 190 Å². The van der Waals surface area contributed by atoms with Crippen LogP contribution in [0.15, 0.2) is 54.6 Å². The van der Waals surface area contributed by atoms with Gasteiger partial charge < -0.3 is 5.32 Å². The SMILES string of the molecule is CC(C)C(=O)Nc1sc2c(c1-c1nc3ccccc3s1)CCN(Cc1ccccc1)C2. The molecule has 1 N–H and O–H groups in total. The van der Waals surface area contributed by atoms with Gasteiger partial charge in [-0.1, -0.05) is 56.3 Å². The van der Waals surface area contributed by atoms with Gasteiger partial charge in [0, 0.05) is 36.0 Å². The number of fused-ring (bicyclic) bond motifs is 2. The second kappa shape index (κ2) is 8.54. The molecule has 0 radical (unpaired) electrons. The number of para-hydroxylation sites is 1. The zero-order valence-electron chi connectivity index (χ0n) is 17.7. The number of thiophene rings is 1. The monoisotopic (exact) mass is 447 g/mol. The van der Waals surface area contributed by atoms with Crippen LogP contribution in [-0.2, 0) is 24.3 Å². The molecule has 158 valence electrons. The van der Waals surface area contributed by atoms with Crippen LogP contribution < -0.4 is 5.32 Å². The lowest BCUT2D eigenvalue weighted by Crippen LogP contribution is -2.29. The first kappa shape index (κ1) is 20.4. The Morgan fingerprint density at radius 1 is 1.10 bits per heavy atom. The van der Waals surface area contributed by atoms with Crippen molar-refractivity contribution in [1.82, 2.24) is 9.88 Å². The van der Waals surface area contributed by atoms with E-state index in [9.17, 15) is 4.79 Å². The zero-order valence-corrected chi connectivity index (χ0v) is 19.4. The van der Waals surface area contributed by atoms with Crippen molar-refractivity contribution in [3.8, 4) is 10.6 Å². The average Bonchev–Trinajstić information content (AvgIpc) is 3.34. The highest BCUT2D eigenvalue weighted by Crippen LogP contribution is 2.45. The van der Waals surface area contributed by atoms with Gasteiger partial charge in [0.1, 0.15) is 10.0 Å². The number of amides is 1. The highest BCUT2D eigenvalue weighted by molar-refractivity contribution is 7.22. The summed E-state index contributed by atoms with van der Waals surface area (Å²) in [5.74, 6) is -0.000904. The Morgan fingerprint density at radius 3 is 2.65 bits per heavy atom. The maximum atomic E-state index is 12.6. The minimum Gasteiger partial charge on any atom is -0.317 e. The van der Waals surface area contributed by atoms with Crippen LogP contribution in [0.5, 0.6) is 0 Å². The summed E-state index contributed by atoms with van der Waals surface area (Å²) in [5.41, 5.74) is 4.84. The number of carbonyl (C=O) groups excluding carboxylic acids is 1. The second-order valence-electron chi connectivity index (χ2n) is 8.28. The number of hydrogen-bond donors (Lipinski definition) is 1. The third-order valence-electron chi connectivity index (χ3n) is 5.65. The molecule has 0 spiro atoms. The van der Waals surface area contributed by atoms with Crippen molar-refractivity contribution in [3.05, 3.63) is 70.6 Å². The van der Waals surface area contributed by atoms with Crippen molar-refractivity contribution in [3.63, 3.8) is 0 Å². The number of hydrogen-bond acceptors (Lipinski definition) is 5. The molecule has 0 unspecified atom stereocenters. The lowest BCUT2D eigenvalue weighted by atomic mass is 10.0. The summed E-state index contributed by atoms with van der Waals surface area (Å²) in [6.07, 6.45) is 0.974. The number of aromatic nitrogens is 1. The predicted octanol–water partition coefficient (Wildman–Crippen LogP) is 6.18. The fourth-order valence-corrected chi connectivity index (χ4v) is 6.39. The van der Waals surface area contributed by atoms with Crippen molar-refractivity contribution in [2.45, 2.75) is 33.4 Å². The van der Waals surface area contributed by atoms with Crippen LogP contribution >= 0.6 is 22.7 Å². The smallest absolute Gasteiger partial charge is 0.227 e. The van der Waals surface area contributed by atoms with Gasteiger partial charge in [-0.25, -0.2) is 4.98 Å². The molecule has 0 saturated heterocycles. The van der Waals surface area contributed by atoms with Gasteiger partial charge in [0.15, 0.2) is 0 Å². The van der Waals surface area contributed by atoms with E-state index >= 15 is 0 Å². The van der Waals surface area contributed by atoms with Gasteiger partial charge in [-0.3, -0.25) is 9.69 Å². The third-order valence-corrected chi connectivity index (χ3v) is 7.84. The Bertz CT molecular complexity index is 1190. The molecule has 1 aliphatic heterocycles. The molecule has 1 aliphatic rings. The second-order valence-corrected chi connectivity index (χ2v) is 10.4. The first-order chi connectivity index (χ1) is 15.1. The quantitative estimate of drug-likeness (QED) is 0.397. The molecular weight excluding hydrogens is 422 g/mol. The maximum absolute atomic E-state index is 12.6. The summed E-state index contributed by atoms with van der Waals surface area (Å²) >= 11 is 3.43. The predicted molar refractivity (Wildman–Crippen MR) is 131 cm³/mol. The number of anilines is 1. The van der Waals surface area contributed by atoms with E-state index in [0.717, 1.165) is 47.1 Å². The van der Waals surface area contributed by atoms with Gasteiger partial charge in [0.25, 0.3) is 0 Å². The fourth-order valence-electron chi connectivity index (χ4n) is 3.98. The average molecular weight is 448 g/mol. The lowest BCUT2D eigenvalue weighted by Gasteiger charge is -2.27. The summed E-state index contributed by atoms with van der Waals surface area (Å²) in [5, 5.41) is 5.16. The van der Waals surface area contributed by atoms with E-state index in [1.54, 1.807) is 22.7 Å². The summed E-state index contributed by atoms with van der Waals surface area (Å²) in [7, 11) is 0. The third kappa shape index (κ3) is 4.15. The van der Waals surface area contributed by atoms with E-state index in [0.29, 0.717) is 0 Å². The highest BCUT2D eigenvalue weighted by atomic mass is 32.1. The van der Waals surface area contributed by atoms with Crippen molar-refractivity contribution < 1.29 is 4.79 Å². The minimum absolute atomic E-state index is 0.0575. The molecular formula is C25H25N3OS2. The molecule has 4 nitrogen and oxygen atoms in total. The Hall–Kier alpha value is -2.54. The number of nitrogens with zero attached hydrogens (tertiary/aromatic N) is 2.